The lowest BCUT2D eigenvalue weighted by Crippen LogP contribution is -2.07. The number of fused-ring (bicyclic) bond motifs is 1. The molecule has 0 amide bonds. The van der Waals surface area contributed by atoms with E-state index in [1.807, 2.05) is 38.4 Å². The van der Waals surface area contributed by atoms with E-state index in [-0.39, 0.29) is 6.73 Å². The minimum atomic E-state index is -2.87. The molecule has 2 aromatic heterocycles. The van der Waals surface area contributed by atoms with Crippen LogP contribution in [-0.4, -0.2) is 34.2 Å². The number of benzene rings is 2. The molecular formula is C22H22N4O3S2. The van der Waals surface area contributed by atoms with Crippen molar-refractivity contribution in [2.45, 2.75) is 0 Å². The van der Waals surface area contributed by atoms with Crippen molar-refractivity contribution in [3.63, 3.8) is 0 Å². The number of hydrogen-bond donors (Lipinski definition) is 3. The third kappa shape index (κ3) is 4.48. The van der Waals surface area contributed by atoms with Crippen molar-refractivity contribution in [2.24, 2.45) is 0 Å². The third-order valence-corrected chi connectivity index (χ3v) is 6.31. The lowest BCUT2D eigenvalue weighted by molar-refractivity contribution is 0.360. The van der Waals surface area contributed by atoms with Crippen molar-refractivity contribution >= 4 is 49.6 Å². The molecule has 160 valence electrons. The Balaban J connectivity index is 1.68. The number of thiophene rings is 1. The van der Waals surface area contributed by atoms with Crippen LogP contribution < -0.4 is 16.0 Å². The summed E-state index contributed by atoms with van der Waals surface area (Å²) >= 11 is 1.64. The largest absolute Gasteiger partial charge is 0.383 e. The van der Waals surface area contributed by atoms with Crippen LogP contribution in [0.15, 0.2) is 60.1 Å². The summed E-state index contributed by atoms with van der Waals surface area (Å²) in [6.07, 6.45) is 1.79. The molecule has 0 fully saturated rings. The Labute approximate surface area is 186 Å². The summed E-state index contributed by atoms with van der Waals surface area (Å²) < 4.78 is 26.6. The van der Waals surface area contributed by atoms with Crippen molar-refractivity contribution in [1.29, 1.82) is 0 Å². The van der Waals surface area contributed by atoms with Gasteiger partial charge < -0.3 is 16.0 Å². The number of hydrogen-bond acceptors (Lipinski definition) is 8. The predicted octanol–water partition coefficient (Wildman–Crippen LogP) is 4.19. The number of nitrogens with zero attached hydrogens (tertiary/aromatic N) is 2. The summed E-state index contributed by atoms with van der Waals surface area (Å²) in [7, 11) is 1.16. The molecule has 0 atom stereocenters. The number of rotatable bonds is 7. The maximum Gasteiger partial charge on any atom is 0.258 e. The average Bonchev–Trinajstić information content (AvgIpc) is 3.21. The predicted molar refractivity (Wildman–Crippen MR) is 129 cm³/mol. The Bertz CT molecular complexity index is 1270. The van der Waals surface area contributed by atoms with E-state index in [0.717, 1.165) is 43.7 Å². The third-order valence-electron chi connectivity index (χ3n) is 4.96. The summed E-state index contributed by atoms with van der Waals surface area (Å²) in [5.74, 6) is 0.508. The molecule has 0 saturated carbocycles. The van der Waals surface area contributed by atoms with E-state index in [4.69, 9.17) is 5.73 Å². The summed E-state index contributed by atoms with van der Waals surface area (Å²) in [6.45, 7) is -0.105. The number of nitrogen functional groups attached to an aromatic ring is 1. The second-order valence-electron chi connectivity index (χ2n) is 7.10. The number of nitrogens with two attached hydrogens (primary N) is 1. The number of nitrogens with one attached hydrogen (secondary N) is 1. The van der Waals surface area contributed by atoms with Crippen molar-refractivity contribution in [2.75, 3.05) is 36.8 Å². The minimum Gasteiger partial charge on any atom is -0.383 e. The summed E-state index contributed by atoms with van der Waals surface area (Å²) in [5.41, 5.74) is 12.3. The fraction of sp³-hybridized carbons (Fsp3) is 0.136. The molecule has 0 radical (unpaired) electrons. The Morgan fingerprint density at radius 1 is 1.03 bits per heavy atom. The lowest BCUT2D eigenvalue weighted by Gasteiger charge is -2.13. The van der Waals surface area contributed by atoms with Crippen LogP contribution in [0.3, 0.4) is 0 Å². The molecule has 2 aromatic carbocycles. The molecular weight excluding hydrogens is 432 g/mol. The SMILES string of the molecule is CN(C)c1ccc(-c2csc3c(-c4ccc(NCO[SH](=O)=O)cc4)cnc(N)c23)cc1. The fourth-order valence-corrected chi connectivity index (χ4v) is 4.65. The molecule has 7 nitrogen and oxygen atoms in total. The maximum atomic E-state index is 10.5. The van der Waals surface area contributed by atoms with Gasteiger partial charge in [-0.2, -0.15) is 0 Å². The van der Waals surface area contributed by atoms with Crippen molar-refractivity contribution in [3.05, 3.63) is 60.1 Å². The lowest BCUT2D eigenvalue weighted by atomic mass is 10.0. The summed E-state index contributed by atoms with van der Waals surface area (Å²) in [5, 5.41) is 5.97. The van der Waals surface area contributed by atoms with Crippen molar-refractivity contribution in [1.82, 2.24) is 4.98 Å². The van der Waals surface area contributed by atoms with E-state index in [2.05, 4.69) is 49.0 Å². The van der Waals surface area contributed by atoms with Gasteiger partial charge >= 0.3 is 0 Å². The van der Waals surface area contributed by atoms with E-state index < -0.39 is 11.0 Å². The highest BCUT2D eigenvalue weighted by Gasteiger charge is 2.15. The Morgan fingerprint density at radius 3 is 2.32 bits per heavy atom. The Morgan fingerprint density at radius 2 is 1.68 bits per heavy atom. The molecule has 0 saturated heterocycles. The van der Waals surface area contributed by atoms with Crippen molar-refractivity contribution in [3.8, 4) is 22.3 Å². The van der Waals surface area contributed by atoms with Gasteiger partial charge in [-0.25, -0.2) is 13.4 Å². The first-order valence-corrected chi connectivity index (χ1v) is 11.5. The van der Waals surface area contributed by atoms with Gasteiger partial charge in [-0.05, 0) is 40.8 Å². The first-order valence-electron chi connectivity index (χ1n) is 9.49. The first-order chi connectivity index (χ1) is 14.9. The molecule has 2 heterocycles. The van der Waals surface area contributed by atoms with Gasteiger partial charge in [0.15, 0.2) is 0 Å². The number of thiol groups is 1. The molecule has 31 heavy (non-hydrogen) atoms. The standard InChI is InChI=1S/C22H22N4O3S2/c1-26(2)17-9-5-15(6-10-17)19-12-30-21-18(11-24-22(23)20(19)21)14-3-7-16(8-4-14)25-13-29-31(27)28/h3-12,25,31H,13H2,1-2H3,(H2,23,24). The van der Waals surface area contributed by atoms with Gasteiger partial charge in [0.25, 0.3) is 11.0 Å². The first kappa shape index (κ1) is 21.1. The van der Waals surface area contributed by atoms with Crippen LogP contribution in [0.5, 0.6) is 0 Å². The minimum absolute atomic E-state index is 0.105. The van der Waals surface area contributed by atoms with Crippen LogP contribution in [0, 0.1) is 0 Å². The molecule has 0 aliphatic heterocycles. The van der Waals surface area contributed by atoms with Crippen LogP contribution in [0.1, 0.15) is 0 Å². The van der Waals surface area contributed by atoms with Crippen molar-refractivity contribution < 1.29 is 12.6 Å². The highest BCUT2D eigenvalue weighted by atomic mass is 32.2. The molecule has 0 unspecified atom stereocenters. The average molecular weight is 455 g/mol. The van der Waals surface area contributed by atoms with Gasteiger partial charge in [0.05, 0.1) is 0 Å². The number of pyridine rings is 1. The van der Waals surface area contributed by atoms with Crippen LogP contribution in [0.4, 0.5) is 17.2 Å². The highest BCUT2D eigenvalue weighted by molar-refractivity contribution is 7.67. The monoisotopic (exact) mass is 454 g/mol. The molecule has 0 aliphatic carbocycles. The van der Waals surface area contributed by atoms with Crippen LogP contribution in [0.25, 0.3) is 32.3 Å². The van der Waals surface area contributed by atoms with Crippen LogP contribution in [-0.2, 0) is 15.2 Å². The van der Waals surface area contributed by atoms with Gasteiger partial charge in [-0.1, -0.05) is 24.3 Å². The van der Waals surface area contributed by atoms with E-state index in [0.29, 0.717) is 5.82 Å². The summed E-state index contributed by atoms with van der Waals surface area (Å²) in [4.78, 5) is 6.52. The molecule has 0 spiro atoms. The van der Waals surface area contributed by atoms with E-state index in [1.165, 1.54) is 0 Å². The van der Waals surface area contributed by atoms with Gasteiger partial charge in [0.2, 0.25) is 0 Å². The summed E-state index contributed by atoms with van der Waals surface area (Å²) in [6, 6.07) is 16.0. The zero-order valence-electron chi connectivity index (χ0n) is 17.0. The molecule has 0 aliphatic rings. The normalized spacial score (nSPS) is 11.2. The van der Waals surface area contributed by atoms with Gasteiger partial charge in [-0.15, -0.1) is 11.3 Å². The highest BCUT2D eigenvalue weighted by Crippen LogP contribution is 2.42. The van der Waals surface area contributed by atoms with Crippen LogP contribution >= 0.6 is 11.3 Å². The topological polar surface area (TPSA) is 97.5 Å². The Kier molecular flexibility index (Phi) is 6.08. The molecule has 4 rings (SSSR count). The van der Waals surface area contributed by atoms with Gasteiger partial charge in [0.1, 0.15) is 12.5 Å². The molecule has 9 heteroatoms. The molecule has 4 aromatic rings. The zero-order valence-corrected chi connectivity index (χ0v) is 18.7. The van der Waals surface area contributed by atoms with E-state index in [9.17, 15) is 8.42 Å². The second kappa shape index (κ2) is 8.93. The Hall–Kier alpha value is -3.14. The van der Waals surface area contributed by atoms with Gasteiger partial charge in [-0.3, -0.25) is 4.18 Å². The second-order valence-corrected chi connectivity index (χ2v) is 8.69. The molecule has 0 bridgehead atoms. The van der Waals surface area contributed by atoms with Gasteiger partial charge in [0, 0.05) is 52.9 Å². The molecule has 3 N–H and O–H groups in total. The maximum absolute atomic E-state index is 10.5. The van der Waals surface area contributed by atoms with E-state index in [1.54, 1.807) is 17.5 Å². The number of anilines is 3. The smallest absolute Gasteiger partial charge is 0.258 e. The van der Waals surface area contributed by atoms with E-state index >= 15 is 0 Å². The van der Waals surface area contributed by atoms with Crippen LogP contribution in [0.2, 0.25) is 0 Å². The fourth-order valence-electron chi connectivity index (χ4n) is 3.36. The quantitative estimate of drug-likeness (QED) is 0.284. The zero-order chi connectivity index (χ0) is 22.0. The number of aromatic nitrogens is 1.